The third kappa shape index (κ3) is 2.70. The molecule has 0 aliphatic rings. The Morgan fingerprint density at radius 3 is 2.67 bits per heavy atom. The second-order valence-electron chi connectivity index (χ2n) is 4.81. The molecule has 108 valence electrons. The quantitative estimate of drug-likeness (QED) is 0.714. The standard InChI is InChI=1S/C17H18N2O2/c1-3-11-21-14-8-6-13(7-9-14)15-12-19-10-4-5-16(20-2)17(19)18-15/h4-10,12H,3,11H2,1-2H3. The molecule has 0 aliphatic heterocycles. The summed E-state index contributed by atoms with van der Waals surface area (Å²) in [6.45, 7) is 2.84. The Morgan fingerprint density at radius 2 is 1.95 bits per heavy atom. The largest absolute Gasteiger partial charge is 0.494 e. The maximum absolute atomic E-state index is 5.60. The fraction of sp³-hybridized carbons (Fsp3) is 0.235. The van der Waals surface area contributed by atoms with Gasteiger partial charge in [0.2, 0.25) is 0 Å². The molecule has 0 aliphatic carbocycles. The lowest BCUT2D eigenvalue weighted by molar-refractivity contribution is 0.317. The van der Waals surface area contributed by atoms with Crippen molar-refractivity contribution >= 4 is 5.65 Å². The van der Waals surface area contributed by atoms with E-state index in [1.165, 1.54) is 0 Å². The minimum atomic E-state index is 0.741. The monoisotopic (exact) mass is 282 g/mol. The van der Waals surface area contributed by atoms with Crippen LogP contribution in [0.15, 0.2) is 48.8 Å². The van der Waals surface area contributed by atoms with Crippen LogP contribution in [0.25, 0.3) is 16.9 Å². The van der Waals surface area contributed by atoms with E-state index in [1.54, 1.807) is 7.11 Å². The Balaban J connectivity index is 1.93. The van der Waals surface area contributed by atoms with Crippen molar-refractivity contribution in [1.29, 1.82) is 0 Å². The third-order valence-corrected chi connectivity index (χ3v) is 3.29. The molecular formula is C17H18N2O2. The molecule has 2 aromatic heterocycles. The average Bonchev–Trinajstić information content (AvgIpc) is 2.97. The maximum Gasteiger partial charge on any atom is 0.180 e. The summed E-state index contributed by atoms with van der Waals surface area (Å²) in [5.41, 5.74) is 2.80. The molecule has 0 amide bonds. The van der Waals surface area contributed by atoms with Gasteiger partial charge in [-0.15, -0.1) is 0 Å². The van der Waals surface area contributed by atoms with E-state index in [-0.39, 0.29) is 0 Å². The van der Waals surface area contributed by atoms with E-state index >= 15 is 0 Å². The van der Waals surface area contributed by atoms with Gasteiger partial charge in [-0.2, -0.15) is 0 Å². The van der Waals surface area contributed by atoms with Crippen LogP contribution in [0.4, 0.5) is 0 Å². The van der Waals surface area contributed by atoms with Gasteiger partial charge in [-0.25, -0.2) is 4.98 Å². The number of benzene rings is 1. The number of pyridine rings is 1. The molecule has 1 aromatic carbocycles. The lowest BCUT2D eigenvalue weighted by atomic mass is 10.2. The van der Waals surface area contributed by atoms with E-state index in [9.17, 15) is 0 Å². The Labute approximate surface area is 124 Å². The highest BCUT2D eigenvalue weighted by Gasteiger charge is 2.08. The maximum atomic E-state index is 5.60. The van der Waals surface area contributed by atoms with E-state index in [0.29, 0.717) is 0 Å². The van der Waals surface area contributed by atoms with Crippen molar-refractivity contribution in [1.82, 2.24) is 9.38 Å². The average molecular weight is 282 g/mol. The van der Waals surface area contributed by atoms with Crippen LogP contribution in [0.3, 0.4) is 0 Å². The Kier molecular flexibility index (Phi) is 3.77. The Bertz CT molecular complexity index is 732. The summed E-state index contributed by atoms with van der Waals surface area (Å²) < 4.78 is 12.9. The van der Waals surface area contributed by atoms with Crippen molar-refractivity contribution in [2.24, 2.45) is 0 Å². The van der Waals surface area contributed by atoms with Crippen molar-refractivity contribution in [3.63, 3.8) is 0 Å². The number of fused-ring (bicyclic) bond motifs is 1. The van der Waals surface area contributed by atoms with Gasteiger partial charge in [0.25, 0.3) is 0 Å². The van der Waals surface area contributed by atoms with Crippen molar-refractivity contribution < 1.29 is 9.47 Å². The highest BCUT2D eigenvalue weighted by Crippen LogP contribution is 2.25. The van der Waals surface area contributed by atoms with Gasteiger partial charge in [-0.1, -0.05) is 6.92 Å². The Morgan fingerprint density at radius 1 is 1.14 bits per heavy atom. The molecule has 3 rings (SSSR count). The van der Waals surface area contributed by atoms with Crippen molar-refractivity contribution in [2.75, 3.05) is 13.7 Å². The van der Waals surface area contributed by atoms with Crippen LogP contribution in [-0.4, -0.2) is 23.1 Å². The molecule has 2 heterocycles. The second-order valence-corrected chi connectivity index (χ2v) is 4.81. The van der Waals surface area contributed by atoms with Crippen LogP contribution >= 0.6 is 0 Å². The number of hydrogen-bond donors (Lipinski definition) is 0. The van der Waals surface area contributed by atoms with Crippen molar-refractivity contribution in [3.8, 4) is 22.8 Å². The molecule has 4 heteroatoms. The highest BCUT2D eigenvalue weighted by atomic mass is 16.5. The number of nitrogens with zero attached hydrogens (tertiary/aromatic N) is 2. The number of methoxy groups -OCH3 is 1. The van der Waals surface area contributed by atoms with Gasteiger partial charge in [0.1, 0.15) is 5.75 Å². The molecule has 0 saturated heterocycles. The first-order valence-electron chi connectivity index (χ1n) is 7.06. The lowest BCUT2D eigenvalue weighted by Gasteiger charge is -2.04. The van der Waals surface area contributed by atoms with E-state index in [0.717, 1.165) is 41.4 Å². The summed E-state index contributed by atoms with van der Waals surface area (Å²) in [5.74, 6) is 1.66. The molecule has 0 fully saturated rings. The number of hydrogen-bond acceptors (Lipinski definition) is 3. The number of imidazole rings is 1. The first-order chi connectivity index (χ1) is 10.3. The van der Waals surface area contributed by atoms with Gasteiger partial charge in [-0.05, 0) is 42.8 Å². The topological polar surface area (TPSA) is 35.8 Å². The minimum absolute atomic E-state index is 0.741. The number of aromatic nitrogens is 2. The van der Waals surface area contributed by atoms with Crippen LogP contribution < -0.4 is 9.47 Å². The normalized spacial score (nSPS) is 10.8. The van der Waals surface area contributed by atoms with E-state index < -0.39 is 0 Å². The van der Waals surface area contributed by atoms with Crippen LogP contribution in [0.1, 0.15) is 13.3 Å². The molecule has 0 radical (unpaired) electrons. The second kappa shape index (κ2) is 5.87. The van der Waals surface area contributed by atoms with Gasteiger partial charge >= 0.3 is 0 Å². The van der Waals surface area contributed by atoms with Crippen LogP contribution in [0, 0.1) is 0 Å². The summed E-state index contributed by atoms with van der Waals surface area (Å²) in [7, 11) is 1.66. The van der Waals surface area contributed by atoms with Gasteiger partial charge < -0.3 is 13.9 Å². The first kappa shape index (κ1) is 13.5. The van der Waals surface area contributed by atoms with E-state index in [2.05, 4.69) is 11.9 Å². The van der Waals surface area contributed by atoms with Crippen molar-refractivity contribution in [2.45, 2.75) is 13.3 Å². The van der Waals surface area contributed by atoms with E-state index in [1.807, 2.05) is 53.2 Å². The van der Waals surface area contributed by atoms with Gasteiger partial charge in [0, 0.05) is 18.0 Å². The molecule has 21 heavy (non-hydrogen) atoms. The summed E-state index contributed by atoms with van der Waals surface area (Å²) in [6, 6.07) is 11.9. The van der Waals surface area contributed by atoms with Gasteiger partial charge in [0.15, 0.2) is 11.4 Å². The Hall–Kier alpha value is -2.49. The number of rotatable bonds is 5. The summed E-state index contributed by atoms with van der Waals surface area (Å²) >= 11 is 0. The zero-order valence-electron chi connectivity index (χ0n) is 12.2. The zero-order chi connectivity index (χ0) is 14.7. The third-order valence-electron chi connectivity index (χ3n) is 3.29. The van der Waals surface area contributed by atoms with Gasteiger partial charge in [0.05, 0.1) is 19.4 Å². The highest BCUT2D eigenvalue weighted by molar-refractivity contribution is 5.66. The molecule has 0 unspecified atom stereocenters. The molecular weight excluding hydrogens is 264 g/mol. The number of ether oxygens (including phenoxy) is 2. The van der Waals surface area contributed by atoms with Gasteiger partial charge in [-0.3, -0.25) is 0 Å². The van der Waals surface area contributed by atoms with Crippen molar-refractivity contribution in [3.05, 3.63) is 48.8 Å². The molecule has 4 nitrogen and oxygen atoms in total. The molecule has 0 bridgehead atoms. The summed E-state index contributed by atoms with van der Waals surface area (Å²) in [4.78, 5) is 4.64. The molecule has 3 aromatic rings. The predicted molar refractivity (Wildman–Crippen MR) is 83.0 cm³/mol. The fourth-order valence-electron chi connectivity index (χ4n) is 2.23. The fourth-order valence-corrected chi connectivity index (χ4v) is 2.23. The first-order valence-corrected chi connectivity index (χ1v) is 7.06. The minimum Gasteiger partial charge on any atom is -0.494 e. The van der Waals surface area contributed by atoms with Crippen LogP contribution in [-0.2, 0) is 0 Å². The SMILES string of the molecule is CCCOc1ccc(-c2cn3cccc(OC)c3n2)cc1. The summed E-state index contributed by atoms with van der Waals surface area (Å²) in [6.07, 6.45) is 4.97. The van der Waals surface area contributed by atoms with Crippen LogP contribution in [0.5, 0.6) is 11.5 Å². The molecule has 0 spiro atoms. The summed E-state index contributed by atoms with van der Waals surface area (Å²) in [5, 5.41) is 0. The lowest BCUT2D eigenvalue weighted by Crippen LogP contribution is -1.94. The molecule has 0 atom stereocenters. The zero-order valence-corrected chi connectivity index (χ0v) is 12.2. The molecule has 0 saturated carbocycles. The predicted octanol–water partition coefficient (Wildman–Crippen LogP) is 3.80. The van der Waals surface area contributed by atoms with E-state index in [4.69, 9.17) is 9.47 Å². The smallest absolute Gasteiger partial charge is 0.180 e. The molecule has 0 N–H and O–H groups in total. The van der Waals surface area contributed by atoms with Crippen LogP contribution in [0.2, 0.25) is 0 Å².